The molecule has 0 radical (unpaired) electrons. The fourth-order valence-corrected chi connectivity index (χ4v) is 4.26. The molecule has 1 amide bonds. The summed E-state index contributed by atoms with van der Waals surface area (Å²) in [5.74, 6) is 1.96. The van der Waals surface area contributed by atoms with E-state index in [0.717, 1.165) is 63.1 Å². The van der Waals surface area contributed by atoms with Gasteiger partial charge in [0.25, 0.3) is 5.91 Å². The summed E-state index contributed by atoms with van der Waals surface area (Å²) >= 11 is 0. The van der Waals surface area contributed by atoms with Gasteiger partial charge in [-0.25, -0.2) is 0 Å². The van der Waals surface area contributed by atoms with Gasteiger partial charge in [-0.3, -0.25) is 9.48 Å². The molecule has 2 atom stereocenters. The quantitative estimate of drug-likeness (QED) is 0.720. The van der Waals surface area contributed by atoms with E-state index in [9.17, 15) is 4.79 Å². The minimum atomic E-state index is -0.0646. The maximum absolute atomic E-state index is 12.7. The zero-order chi connectivity index (χ0) is 19.6. The summed E-state index contributed by atoms with van der Waals surface area (Å²) in [6, 6.07) is 8.61. The van der Waals surface area contributed by atoms with Crippen LogP contribution in [0.15, 0.2) is 36.7 Å². The molecule has 2 heterocycles. The van der Waals surface area contributed by atoms with Gasteiger partial charge in [-0.1, -0.05) is 12.1 Å². The normalized spacial score (nSPS) is 24.4. The maximum Gasteiger partial charge on any atom is 0.255 e. The summed E-state index contributed by atoms with van der Waals surface area (Å²) in [5.41, 5.74) is 2.74. The molecular weight excluding hydrogens is 364 g/mol. The largest absolute Gasteiger partial charge is 0.381 e. The van der Waals surface area contributed by atoms with E-state index in [2.05, 4.69) is 21.8 Å². The third kappa shape index (κ3) is 4.87. The van der Waals surface area contributed by atoms with E-state index >= 15 is 0 Å². The van der Waals surface area contributed by atoms with E-state index in [1.807, 2.05) is 29.1 Å². The Morgan fingerprint density at radius 3 is 2.86 bits per heavy atom. The van der Waals surface area contributed by atoms with Crippen molar-refractivity contribution < 1.29 is 9.53 Å². The third-order valence-electron chi connectivity index (χ3n) is 6.41. The first kappa shape index (κ1) is 18.8. The standard InChI is InChI=1S/C23H30N4O2/c28-23(26-20-13-25-27(15-20)14-17-4-5-17)19-3-1-2-18(10-19)21-11-22(21)24-12-16-6-8-29-9-7-16/h1-3,10,13,15-17,21-22,24H,4-9,11-12,14H2,(H,26,28)/t21-,22+/m0/s1. The SMILES string of the molecule is O=C(Nc1cnn(CC2CC2)c1)c1cccc([C@@H]2C[C@H]2NCC2CCOCC2)c1. The van der Waals surface area contributed by atoms with Crippen LogP contribution in [0.1, 0.15) is 53.9 Å². The predicted molar refractivity (Wildman–Crippen MR) is 112 cm³/mol. The average Bonchev–Trinajstić information content (AvgIpc) is 3.67. The highest BCUT2D eigenvalue weighted by Gasteiger charge is 2.38. The van der Waals surface area contributed by atoms with Crippen molar-refractivity contribution in [2.45, 2.75) is 50.6 Å². The van der Waals surface area contributed by atoms with Gasteiger partial charge in [0.15, 0.2) is 0 Å². The Morgan fingerprint density at radius 2 is 2.03 bits per heavy atom. The Morgan fingerprint density at radius 1 is 1.17 bits per heavy atom. The van der Waals surface area contributed by atoms with Crippen LogP contribution in [-0.2, 0) is 11.3 Å². The molecule has 154 valence electrons. The third-order valence-corrected chi connectivity index (χ3v) is 6.41. The molecule has 29 heavy (non-hydrogen) atoms. The molecule has 1 aromatic carbocycles. The highest BCUT2D eigenvalue weighted by atomic mass is 16.5. The number of anilines is 1. The molecule has 2 saturated carbocycles. The van der Waals surface area contributed by atoms with Gasteiger partial charge in [-0.05, 0) is 68.2 Å². The minimum absolute atomic E-state index is 0.0646. The number of aromatic nitrogens is 2. The van der Waals surface area contributed by atoms with Gasteiger partial charge in [-0.15, -0.1) is 0 Å². The van der Waals surface area contributed by atoms with Crippen LogP contribution in [0.2, 0.25) is 0 Å². The van der Waals surface area contributed by atoms with Crippen molar-refractivity contribution in [2.75, 3.05) is 25.1 Å². The van der Waals surface area contributed by atoms with Gasteiger partial charge in [0, 0.05) is 43.5 Å². The Hall–Kier alpha value is -2.18. The number of nitrogens with zero attached hydrogens (tertiary/aromatic N) is 2. The number of amides is 1. The monoisotopic (exact) mass is 394 g/mol. The summed E-state index contributed by atoms with van der Waals surface area (Å²) in [5, 5.41) is 11.1. The zero-order valence-electron chi connectivity index (χ0n) is 16.8. The number of ether oxygens (including phenoxy) is 1. The van der Waals surface area contributed by atoms with Crippen molar-refractivity contribution in [1.82, 2.24) is 15.1 Å². The van der Waals surface area contributed by atoms with Crippen LogP contribution in [0.4, 0.5) is 5.69 Å². The molecule has 2 aromatic rings. The minimum Gasteiger partial charge on any atom is -0.381 e. The second kappa shape index (κ2) is 8.28. The first-order valence-electron chi connectivity index (χ1n) is 11.0. The van der Waals surface area contributed by atoms with E-state index in [1.165, 1.54) is 18.4 Å². The predicted octanol–water partition coefficient (Wildman–Crippen LogP) is 3.42. The lowest BCUT2D eigenvalue weighted by molar-refractivity contribution is 0.0662. The number of rotatable bonds is 8. The lowest BCUT2D eigenvalue weighted by atomic mass is 10.0. The number of nitrogens with one attached hydrogen (secondary N) is 2. The van der Waals surface area contributed by atoms with E-state index in [0.29, 0.717) is 17.5 Å². The molecular formula is C23H30N4O2. The number of hydrogen-bond donors (Lipinski definition) is 2. The molecule has 1 saturated heterocycles. The molecule has 2 aliphatic carbocycles. The van der Waals surface area contributed by atoms with Gasteiger partial charge < -0.3 is 15.4 Å². The fraction of sp³-hybridized carbons (Fsp3) is 0.565. The van der Waals surface area contributed by atoms with Crippen molar-refractivity contribution in [2.24, 2.45) is 11.8 Å². The van der Waals surface area contributed by atoms with Crippen molar-refractivity contribution in [3.8, 4) is 0 Å². The summed E-state index contributed by atoms with van der Waals surface area (Å²) in [6.07, 6.45) is 9.73. The van der Waals surface area contributed by atoms with Crippen LogP contribution in [0, 0.1) is 11.8 Å². The molecule has 1 aromatic heterocycles. The van der Waals surface area contributed by atoms with Gasteiger partial charge in [0.1, 0.15) is 0 Å². The van der Waals surface area contributed by atoms with Gasteiger partial charge in [-0.2, -0.15) is 5.10 Å². The second-order valence-electron chi connectivity index (χ2n) is 8.89. The van der Waals surface area contributed by atoms with Crippen LogP contribution in [-0.4, -0.2) is 41.5 Å². The first-order valence-corrected chi connectivity index (χ1v) is 11.0. The lowest BCUT2D eigenvalue weighted by Gasteiger charge is -2.22. The van der Waals surface area contributed by atoms with Gasteiger partial charge in [0.2, 0.25) is 0 Å². The van der Waals surface area contributed by atoms with Crippen molar-refractivity contribution in [1.29, 1.82) is 0 Å². The average molecular weight is 395 g/mol. The van der Waals surface area contributed by atoms with Gasteiger partial charge >= 0.3 is 0 Å². The Labute approximate surface area is 172 Å². The molecule has 0 spiro atoms. The number of carbonyl (C=O) groups excluding carboxylic acids is 1. The Kier molecular flexibility index (Phi) is 5.38. The van der Waals surface area contributed by atoms with Gasteiger partial charge in [0.05, 0.1) is 11.9 Å². The molecule has 6 nitrogen and oxygen atoms in total. The molecule has 5 rings (SSSR count). The van der Waals surface area contributed by atoms with Crippen molar-refractivity contribution >= 4 is 11.6 Å². The summed E-state index contributed by atoms with van der Waals surface area (Å²) < 4.78 is 7.37. The van der Waals surface area contributed by atoms with Crippen LogP contribution in [0.3, 0.4) is 0 Å². The highest BCUT2D eigenvalue weighted by molar-refractivity contribution is 6.04. The molecule has 3 aliphatic rings. The van der Waals surface area contributed by atoms with E-state index in [1.54, 1.807) is 6.20 Å². The number of hydrogen-bond acceptors (Lipinski definition) is 4. The Bertz CT molecular complexity index is 854. The first-order chi connectivity index (χ1) is 14.2. The smallest absolute Gasteiger partial charge is 0.255 e. The lowest BCUT2D eigenvalue weighted by Crippen LogP contribution is -2.29. The molecule has 0 unspecified atom stereocenters. The number of benzene rings is 1. The second-order valence-corrected chi connectivity index (χ2v) is 8.89. The zero-order valence-corrected chi connectivity index (χ0v) is 16.8. The topological polar surface area (TPSA) is 68.2 Å². The summed E-state index contributed by atoms with van der Waals surface area (Å²) in [4.78, 5) is 12.7. The van der Waals surface area contributed by atoms with Crippen molar-refractivity contribution in [3.63, 3.8) is 0 Å². The van der Waals surface area contributed by atoms with Crippen LogP contribution in [0.5, 0.6) is 0 Å². The van der Waals surface area contributed by atoms with E-state index in [-0.39, 0.29) is 5.91 Å². The highest BCUT2D eigenvalue weighted by Crippen LogP contribution is 2.41. The molecule has 6 heteroatoms. The molecule has 0 bridgehead atoms. The molecule has 1 aliphatic heterocycles. The Balaban J connectivity index is 1.14. The summed E-state index contributed by atoms with van der Waals surface area (Å²) in [7, 11) is 0. The maximum atomic E-state index is 12.7. The van der Waals surface area contributed by atoms with E-state index in [4.69, 9.17) is 4.74 Å². The summed E-state index contributed by atoms with van der Waals surface area (Å²) in [6.45, 7) is 3.83. The van der Waals surface area contributed by atoms with Crippen molar-refractivity contribution in [3.05, 3.63) is 47.8 Å². The van der Waals surface area contributed by atoms with Crippen LogP contribution < -0.4 is 10.6 Å². The molecule has 2 N–H and O–H groups in total. The molecule has 3 fully saturated rings. The fourth-order valence-electron chi connectivity index (χ4n) is 4.26. The van der Waals surface area contributed by atoms with Crippen LogP contribution >= 0.6 is 0 Å². The van der Waals surface area contributed by atoms with E-state index < -0.39 is 0 Å². The van der Waals surface area contributed by atoms with Crippen LogP contribution in [0.25, 0.3) is 0 Å². The number of carbonyl (C=O) groups is 1.